The van der Waals surface area contributed by atoms with Crippen LogP contribution in [0.2, 0.25) is 0 Å². The second kappa shape index (κ2) is 7.25. The maximum atomic E-state index is 6.11. The van der Waals surface area contributed by atoms with Gasteiger partial charge in [0.05, 0.1) is 7.11 Å². The highest BCUT2D eigenvalue weighted by Gasteiger charge is 2.31. The second-order valence-corrected chi connectivity index (χ2v) is 6.34. The average Bonchev–Trinajstić information content (AvgIpc) is 2.53. The third kappa shape index (κ3) is 4.19. The topological polar surface area (TPSA) is 41.7 Å². The quantitative estimate of drug-likeness (QED) is 0.864. The Morgan fingerprint density at radius 2 is 1.76 bits per heavy atom. The summed E-state index contributed by atoms with van der Waals surface area (Å²) in [4.78, 5) is 4.95. The molecule has 0 spiro atoms. The van der Waals surface area contributed by atoms with Crippen LogP contribution in [0, 0.1) is 0 Å². The van der Waals surface area contributed by atoms with Gasteiger partial charge in [-0.2, -0.15) is 0 Å². The van der Waals surface area contributed by atoms with Crippen LogP contribution in [-0.4, -0.2) is 62.2 Å². The Kier molecular flexibility index (Phi) is 5.62. The molecule has 1 aliphatic heterocycles. The van der Waals surface area contributed by atoms with E-state index >= 15 is 0 Å². The molecule has 1 fully saturated rings. The van der Waals surface area contributed by atoms with E-state index in [1.165, 1.54) is 5.56 Å². The minimum atomic E-state index is 0.0984. The maximum absolute atomic E-state index is 6.11. The zero-order chi connectivity index (χ0) is 15.3. The molecule has 1 aromatic rings. The van der Waals surface area contributed by atoms with Gasteiger partial charge in [-0.1, -0.05) is 12.1 Å². The van der Waals surface area contributed by atoms with E-state index in [2.05, 4.69) is 35.9 Å². The molecule has 1 atom stereocenters. The number of ether oxygens (including phenoxy) is 1. The normalized spacial score (nSPS) is 20.2. The van der Waals surface area contributed by atoms with Crippen LogP contribution in [-0.2, 0) is 6.42 Å². The van der Waals surface area contributed by atoms with Crippen LogP contribution in [0.4, 0.5) is 0 Å². The standard InChI is InChI=1S/C17H29N3O/c1-17(14-18,20-12-10-19(2)11-13-20)9-8-15-4-6-16(21-3)7-5-15/h4-7H,8-14,18H2,1-3H3. The molecule has 1 aliphatic rings. The summed E-state index contributed by atoms with van der Waals surface area (Å²) in [6.07, 6.45) is 2.16. The molecule has 0 aliphatic carbocycles. The number of likely N-dealkylation sites (N-methyl/N-ethyl adjacent to an activating group) is 1. The molecule has 0 bridgehead atoms. The van der Waals surface area contributed by atoms with Gasteiger partial charge in [0.25, 0.3) is 0 Å². The van der Waals surface area contributed by atoms with Gasteiger partial charge in [0.15, 0.2) is 0 Å². The van der Waals surface area contributed by atoms with E-state index in [4.69, 9.17) is 10.5 Å². The SMILES string of the molecule is COc1ccc(CCC(C)(CN)N2CCN(C)CC2)cc1. The van der Waals surface area contributed by atoms with E-state index in [1.54, 1.807) is 7.11 Å². The first-order valence-corrected chi connectivity index (χ1v) is 7.84. The summed E-state index contributed by atoms with van der Waals surface area (Å²) in [7, 11) is 3.89. The van der Waals surface area contributed by atoms with Gasteiger partial charge in [0.2, 0.25) is 0 Å². The summed E-state index contributed by atoms with van der Waals surface area (Å²) in [6.45, 7) is 7.53. The zero-order valence-corrected chi connectivity index (χ0v) is 13.6. The summed E-state index contributed by atoms with van der Waals surface area (Å²) >= 11 is 0. The molecule has 0 amide bonds. The first-order valence-electron chi connectivity index (χ1n) is 7.84. The molecule has 1 aromatic carbocycles. The molecule has 0 saturated carbocycles. The van der Waals surface area contributed by atoms with Crippen LogP contribution in [0.25, 0.3) is 0 Å². The van der Waals surface area contributed by atoms with Crippen LogP contribution >= 0.6 is 0 Å². The molecule has 4 nitrogen and oxygen atoms in total. The lowest BCUT2D eigenvalue weighted by molar-refractivity contribution is 0.0505. The van der Waals surface area contributed by atoms with Crippen molar-refractivity contribution >= 4 is 0 Å². The fraction of sp³-hybridized carbons (Fsp3) is 0.647. The van der Waals surface area contributed by atoms with Crippen molar-refractivity contribution in [3.05, 3.63) is 29.8 Å². The highest BCUT2D eigenvalue weighted by atomic mass is 16.5. The van der Waals surface area contributed by atoms with Crippen molar-refractivity contribution in [1.29, 1.82) is 0 Å². The lowest BCUT2D eigenvalue weighted by Crippen LogP contribution is -2.58. The van der Waals surface area contributed by atoms with Gasteiger partial charge in [-0.15, -0.1) is 0 Å². The smallest absolute Gasteiger partial charge is 0.118 e. The van der Waals surface area contributed by atoms with Crippen molar-refractivity contribution in [2.45, 2.75) is 25.3 Å². The average molecular weight is 291 g/mol. The minimum absolute atomic E-state index is 0.0984. The lowest BCUT2D eigenvalue weighted by atomic mass is 9.90. The molecular weight excluding hydrogens is 262 g/mol. The van der Waals surface area contributed by atoms with Crippen LogP contribution in [0.5, 0.6) is 5.75 Å². The van der Waals surface area contributed by atoms with Gasteiger partial charge in [-0.05, 0) is 44.5 Å². The highest BCUT2D eigenvalue weighted by Crippen LogP contribution is 2.23. The highest BCUT2D eigenvalue weighted by molar-refractivity contribution is 5.27. The first-order chi connectivity index (χ1) is 10.1. The van der Waals surface area contributed by atoms with Gasteiger partial charge >= 0.3 is 0 Å². The largest absolute Gasteiger partial charge is 0.497 e. The van der Waals surface area contributed by atoms with Gasteiger partial charge in [-0.25, -0.2) is 0 Å². The Labute approximate surface area is 128 Å². The fourth-order valence-corrected chi connectivity index (χ4v) is 2.94. The molecule has 2 N–H and O–H groups in total. The predicted octanol–water partition coefficient (Wildman–Crippen LogP) is 1.59. The van der Waals surface area contributed by atoms with Crippen LogP contribution in [0.1, 0.15) is 18.9 Å². The molecule has 1 saturated heterocycles. The lowest BCUT2D eigenvalue weighted by Gasteiger charge is -2.45. The Morgan fingerprint density at radius 3 is 2.29 bits per heavy atom. The zero-order valence-electron chi connectivity index (χ0n) is 13.6. The maximum Gasteiger partial charge on any atom is 0.118 e. The van der Waals surface area contributed by atoms with Gasteiger partial charge in [0, 0.05) is 38.3 Å². The second-order valence-electron chi connectivity index (χ2n) is 6.34. The van der Waals surface area contributed by atoms with Crippen LogP contribution < -0.4 is 10.5 Å². The van der Waals surface area contributed by atoms with Gasteiger partial charge in [0.1, 0.15) is 5.75 Å². The minimum Gasteiger partial charge on any atom is -0.497 e. The first kappa shape index (κ1) is 16.3. The summed E-state index contributed by atoms with van der Waals surface area (Å²) < 4.78 is 5.21. The van der Waals surface area contributed by atoms with E-state index in [1.807, 2.05) is 12.1 Å². The summed E-state index contributed by atoms with van der Waals surface area (Å²) in [5, 5.41) is 0. The third-order valence-electron chi connectivity index (χ3n) is 4.82. The van der Waals surface area contributed by atoms with E-state index < -0.39 is 0 Å². The molecule has 118 valence electrons. The molecule has 4 heteroatoms. The van der Waals surface area contributed by atoms with Crippen LogP contribution in [0.3, 0.4) is 0 Å². The number of nitrogens with zero attached hydrogens (tertiary/aromatic N) is 2. The fourth-order valence-electron chi connectivity index (χ4n) is 2.94. The third-order valence-corrected chi connectivity index (χ3v) is 4.82. The van der Waals surface area contributed by atoms with Crippen molar-refractivity contribution in [2.24, 2.45) is 5.73 Å². The molecule has 2 rings (SSSR count). The van der Waals surface area contributed by atoms with E-state index in [9.17, 15) is 0 Å². The monoisotopic (exact) mass is 291 g/mol. The molecule has 0 aromatic heterocycles. The van der Waals surface area contributed by atoms with E-state index in [0.717, 1.165) is 44.8 Å². The summed E-state index contributed by atoms with van der Waals surface area (Å²) in [5.41, 5.74) is 7.56. The molecular formula is C17H29N3O. The Hall–Kier alpha value is -1.10. The number of nitrogens with two attached hydrogens (primary N) is 1. The number of benzene rings is 1. The molecule has 21 heavy (non-hydrogen) atoms. The Morgan fingerprint density at radius 1 is 1.14 bits per heavy atom. The molecule has 0 radical (unpaired) electrons. The number of aryl methyl sites for hydroxylation is 1. The van der Waals surface area contributed by atoms with Crippen molar-refractivity contribution < 1.29 is 4.74 Å². The van der Waals surface area contributed by atoms with Gasteiger partial charge < -0.3 is 15.4 Å². The Balaban J connectivity index is 1.94. The van der Waals surface area contributed by atoms with Crippen molar-refractivity contribution in [1.82, 2.24) is 9.80 Å². The van der Waals surface area contributed by atoms with E-state index in [-0.39, 0.29) is 5.54 Å². The summed E-state index contributed by atoms with van der Waals surface area (Å²) in [5.74, 6) is 0.916. The Bertz CT molecular complexity index is 426. The number of rotatable bonds is 6. The number of piperazine rings is 1. The van der Waals surface area contributed by atoms with E-state index in [0.29, 0.717) is 6.54 Å². The number of methoxy groups -OCH3 is 1. The van der Waals surface area contributed by atoms with Gasteiger partial charge in [-0.3, -0.25) is 4.90 Å². The van der Waals surface area contributed by atoms with Crippen molar-refractivity contribution in [2.75, 3.05) is 46.9 Å². The van der Waals surface area contributed by atoms with Crippen LogP contribution in [0.15, 0.2) is 24.3 Å². The molecule has 1 heterocycles. The molecule has 1 unspecified atom stereocenters. The number of hydrogen-bond acceptors (Lipinski definition) is 4. The predicted molar refractivity (Wildman–Crippen MR) is 87.8 cm³/mol. The number of hydrogen-bond donors (Lipinski definition) is 1. The summed E-state index contributed by atoms with van der Waals surface area (Å²) in [6, 6.07) is 8.37. The van der Waals surface area contributed by atoms with Crippen molar-refractivity contribution in [3.63, 3.8) is 0 Å². The van der Waals surface area contributed by atoms with Crippen molar-refractivity contribution in [3.8, 4) is 5.75 Å².